The number of benzene rings is 1. The van der Waals surface area contributed by atoms with Crippen molar-refractivity contribution < 1.29 is 9.52 Å². The standard InChI is InChI=1S/C13H12Br2O2/c1-2-13(16,12-11(15)6-7-17-12)9-4-3-5-10(14)8-9/h3-8,16H,2H2,1H3. The largest absolute Gasteiger partial charge is 0.465 e. The molecule has 0 aliphatic carbocycles. The quantitative estimate of drug-likeness (QED) is 0.878. The summed E-state index contributed by atoms with van der Waals surface area (Å²) in [7, 11) is 0. The van der Waals surface area contributed by atoms with Gasteiger partial charge in [-0.3, -0.25) is 0 Å². The summed E-state index contributed by atoms with van der Waals surface area (Å²) in [5.41, 5.74) is -0.295. The van der Waals surface area contributed by atoms with E-state index < -0.39 is 5.60 Å². The Morgan fingerprint density at radius 3 is 2.59 bits per heavy atom. The summed E-state index contributed by atoms with van der Waals surface area (Å²) < 4.78 is 7.12. The molecule has 90 valence electrons. The van der Waals surface area contributed by atoms with Crippen molar-refractivity contribution in [3.05, 3.63) is 56.9 Å². The zero-order valence-electron chi connectivity index (χ0n) is 9.28. The fourth-order valence-corrected chi connectivity index (χ4v) is 2.76. The molecule has 1 aromatic carbocycles. The number of hydrogen-bond donors (Lipinski definition) is 1. The van der Waals surface area contributed by atoms with Gasteiger partial charge in [-0.05, 0) is 46.1 Å². The smallest absolute Gasteiger partial charge is 0.154 e. The van der Waals surface area contributed by atoms with E-state index >= 15 is 0 Å². The molecule has 17 heavy (non-hydrogen) atoms. The first-order valence-electron chi connectivity index (χ1n) is 5.30. The Hall–Kier alpha value is -0.580. The molecule has 0 fully saturated rings. The van der Waals surface area contributed by atoms with Crippen molar-refractivity contribution in [1.82, 2.24) is 0 Å². The molecule has 0 aliphatic rings. The number of halogens is 2. The average Bonchev–Trinajstić information content (AvgIpc) is 2.75. The maximum absolute atomic E-state index is 10.8. The minimum atomic E-state index is -1.11. The normalized spacial score (nSPS) is 14.6. The maximum Gasteiger partial charge on any atom is 0.154 e. The molecule has 2 rings (SSSR count). The molecule has 1 unspecified atom stereocenters. The van der Waals surface area contributed by atoms with Crippen molar-refractivity contribution in [2.75, 3.05) is 0 Å². The molecule has 1 atom stereocenters. The highest BCUT2D eigenvalue weighted by molar-refractivity contribution is 9.10. The molecule has 0 spiro atoms. The third kappa shape index (κ3) is 2.34. The lowest BCUT2D eigenvalue weighted by Gasteiger charge is -2.25. The first-order valence-corrected chi connectivity index (χ1v) is 6.88. The van der Waals surface area contributed by atoms with Gasteiger partial charge in [-0.2, -0.15) is 0 Å². The molecular weight excluding hydrogens is 348 g/mol. The Morgan fingerprint density at radius 1 is 1.29 bits per heavy atom. The topological polar surface area (TPSA) is 33.4 Å². The van der Waals surface area contributed by atoms with Gasteiger partial charge < -0.3 is 9.52 Å². The van der Waals surface area contributed by atoms with Crippen LogP contribution in [-0.2, 0) is 5.60 Å². The molecule has 0 amide bonds. The number of furan rings is 1. The maximum atomic E-state index is 10.8. The SMILES string of the molecule is CCC(O)(c1cccc(Br)c1)c1occc1Br. The van der Waals surface area contributed by atoms with E-state index in [2.05, 4.69) is 31.9 Å². The summed E-state index contributed by atoms with van der Waals surface area (Å²) in [6.07, 6.45) is 2.10. The molecule has 0 saturated carbocycles. The zero-order valence-corrected chi connectivity index (χ0v) is 12.5. The lowest BCUT2D eigenvalue weighted by atomic mass is 9.89. The van der Waals surface area contributed by atoms with Crippen molar-refractivity contribution >= 4 is 31.9 Å². The van der Waals surface area contributed by atoms with Gasteiger partial charge in [0.1, 0.15) is 5.60 Å². The van der Waals surface area contributed by atoms with Crippen LogP contribution in [0, 0.1) is 0 Å². The molecular formula is C13H12Br2O2. The summed E-state index contributed by atoms with van der Waals surface area (Å²) in [6, 6.07) is 9.41. The second-order valence-corrected chi connectivity index (χ2v) is 5.59. The molecule has 0 bridgehead atoms. The third-order valence-corrected chi connectivity index (χ3v) is 3.92. The molecule has 0 aliphatic heterocycles. The monoisotopic (exact) mass is 358 g/mol. The van der Waals surface area contributed by atoms with Gasteiger partial charge in [-0.15, -0.1) is 0 Å². The van der Waals surface area contributed by atoms with Gasteiger partial charge in [-0.1, -0.05) is 35.0 Å². The van der Waals surface area contributed by atoms with Crippen LogP contribution in [0.5, 0.6) is 0 Å². The Balaban J connectivity index is 2.55. The van der Waals surface area contributed by atoms with Gasteiger partial charge in [0.05, 0.1) is 10.7 Å². The first-order chi connectivity index (χ1) is 8.08. The van der Waals surface area contributed by atoms with Crippen LogP contribution in [0.15, 0.2) is 50.0 Å². The lowest BCUT2D eigenvalue weighted by Crippen LogP contribution is -2.26. The van der Waals surface area contributed by atoms with Gasteiger partial charge in [-0.25, -0.2) is 0 Å². The molecule has 0 saturated heterocycles. The van der Waals surface area contributed by atoms with E-state index in [4.69, 9.17) is 4.42 Å². The summed E-state index contributed by atoms with van der Waals surface area (Å²) in [5.74, 6) is 0.540. The van der Waals surface area contributed by atoms with Crippen molar-refractivity contribution in [2.45, 2.75) is 18.9 Å². The summed E-state index contributed by atoms with van der Waals surface area (Å²) >= 11 is 6.81. The lowest BCUT2D eigenvalue weighted by molar-refractivity contribution is 0.0517. The highest BCUT2D eigenvalue weighted by Crippen LogP contribution is 2.38. The average molecular weight is 360 g/mol. The minimum absolute atomic E-state index is 0.537. The van der Waals surface area contributed by atoms with Crippen molar-refractivity contribution in [1.29, 1.82) is 0 Å². The van der Waals surface area contributed by atoms with Crippen molar-refractivity contribution in [3.63, 3.8) is 0 Å². The predicted molar refractivity (Wildman–Crippen MR) is 73.8 cm³/mol. The van der Waals surface area contributed by atoms with E-state index in [0.717, 1.165) is 14.5 Å². The van der Waals surface area contributed by atoms with E-state index in [-0.39, 0.29) is 0 Å². The van der Waals surface area contributed by atoms with E-state index in [1.807, 2.05) is 31.2 Å². The van der Waals surface area contributed by atoms with E-state index in [9.17, 15) is 5.11 Å². The van der Waals surface area contributed by atoms with Crippen LogP contribution in [0.3, 0.4) is 0 Å². The molecule has 1 N–H and O–H groups in total. The fraction of sp³-hybridized carbons (Fsp3) is 0.231. The van der Waals surface area contributed by atoms with E-state index in [1.54, 1.807) is 12.3 Å². The van der Waals surface area contributed by atoms with E-state index in [0.29, 0.717) is 12.2 Å². The van der Waals surface area contributed by atoms with Crippen LogP contribution in [-0.4, -0.2) is 5.11 Å². The second-order valence-electron chi connectivity index (χ2n) is 3.82. The predicted octanol–water partition coefficient (Wildman–Crippen LogP) is 4.45. The van der Waals surface area contributed by atoms with Gasteiger partial charge >= 0.3 is 0 Å². The minimum Gasteiger partial charge on any atom is -0.465 e. The van der Waals surface area contributed by atoms with Crippen LogP contribution in [0.25, 0.3) is 0 Å². The van der Waals surface area contributed by atoms with Crippen molar-refractivity contribution in [2.24, 2.45) is 0 Å². The van der Waals surface area contributed by atoms with Crippen molar-refractivity contribution in [3.8, 4) is 0 Å². The highest BCUT2D eigenvalue weighted by Gasteiger charge is 2.34. The van der Waals surface area contributed by atoms with Gasteiger partial charge in [0.15, 0.2) is 5.76 Å². The van der Waals surface area contributed by atoms with Gasteiger partial charge in [0, 0.05) is 4.47 Å². The Morgan fingerprint density at radius 2 is 2.06 bits per heavy atom. The highest BCUT2D eigenvalue weighted by atomic mass is 79.9. The Kier molecular flexibility index (Phi) is 3.76. The molecule has 1 aromatic heterocycles. The second kappa shape index (κ2) is 4.96. The summed E-state index contributed by atoms with van der Waals surface area (Å²) in [6.45, 7) is 1.93. The zero-order chi connectivity index (χ0) is 12.5. The van der Waals surface area contributed by atoms with E-state index in [1.165, 1.54) is 0 Å². The summed E-state index contributed by atoms with van der Waals surface area (Å²) in [4.78, 5) is 0. The first kappa shape index (κ1) is 12.9. The molecule has 2 nitrogen and oxygen atoms in total. The number of rotatable bonds is 3. The van der Waals surface area contributed by atoms with Crippen LogP contribution in [0.2, 0.25) is 0 Å². The number of hydrogen-bond acceptors (Lipinski definition) is 2. The summed E-state index contributed by atoms with van der Waals surface area (Å²) in [5, 5.41) is 10.8. The Labute approximate surface area is 117 Å². The van der Waals surface area contributed by atoms with Gasteiger partial charge in [0.2, 0.25) is 0 Å². The van der Waals surface area contributed by atoms with Crippen LogP contribution in [0.1, 0.15) is 24.7 Å². The van der Waals surface area contributed by atoms with Crippen LogP contribution < -0.4 is 0 Å². The molecule has 2 aromatic rings. The van der Waals surface area contributed by atoms with Gasteiger partial charge in [0.25, 0.3) is 0 Å². The molecule has 4 heteroatoms. The molecule has 0 radical (unpaired) electrons. The Bertz CT molecular complexity index is 522. The molecule has 1 heterocycles. The van der Waals surface area contributed by atoms with Crippen LogP contribution in [0.4, 0.5) is 0 Å². The van der Waals surface area contributed by atoms with Crippen LogP contribution >= 0.6 is 31.9 Å². The fourth-order valence-electron chi connectivity index (χ4n) is 1.83. The number of aliphatic hydroxyl groups is 1. The third-order valence-electron chi connectivity index (χ3n) is 2.81.